The van der Waals surface area contributed by atoms with Crippen LogP contribution in [-0.2, 0) is 4.74 Å². The van der Waals surface area contributed by atoms with Gasteiger partial charge in [-0.1, -0.05) is 0 Å². The zero-order valence-corrected chi connectivity index (χ0v) is 10.7. The van der Waals surface area contributed by atoms with Crippen molar-refractivity contribution in [1.82, 2.24) is 4.90 Å². The summed E-state index contributed by atoms with van der Waals surface area (Å²) in [5.74, 6) is 0. The van der Waals surface area contributed by atoms with Crippen molar-refractivity contribution in [1.29, 1.82) is 0 Å². The lowest BCUT2D eigenvalue weighted by atomic mass is 9.95. The molecule has 2 heterocycles. The van der Waals surface area contributed by atoms with Crippen LogP contribution >= 0.6 is 0 Å². The molecule has 0 aromatic carbocycles. The van der Waals surface area contributed by atoms with E-state index < -0.39 is 11.7 Å². The van der Waals surface area contributed by atoms with E-state index >= 15 is 0 Å². The van der Waals surface area contributed by atoms with Crippen LogP contribution in [0.2, 0.25) is 0 Å². The van der Waals surface area contributed by atoms with E-state index in [1.165, 1.54) is 0 Å². The Morgan fingerprint density at radius 1 is 1.41 bits per heavy atom. The smallest absolute Gasteiger partial charge is 0.410 e. The Morgan fingerprint density at radius 3 is 2.65 bits per heavy atom. The van der Waals surface area contributed by atoms with E-state index in [-0.39, 0.29) is 24.2 Å². The van der Waals surface area contributed by atoms with Crippen LogP contribution in [0.15, 0.2) is 0 Å². The number of aliphatic hydroxyl groups excluding tert-OH is 1. The Kier molecular flexibility index (Phi) is 3.08. The zero-order valence-electron chi connectivity index (χ0n) is 10.7. The van der Waals surface area contributed by atoms with E-state index in [4.69, 9.17) is 10.5 Å². The van der Waals surface area contributed by atoms with Gasteiger partial charge < -0.3 is 15.6 Å². The Labute approximate surface area is 102 Å². The van der Waals surface area contributed by atoms with Crippen molar-refractivity contribution in [2.24, 2.45) is 5.73 Å². The van der Waals surface area contributed by atoms with Crippen LogP contribution in [0.25, 0.3) is 0 Å². The molecule has 0 aliphatic carbocycles. The van der Waals surface area contributed by atoms with Crippen molar-refractivity contribution in [3.8, 4) is 0 Å². The zero-order chi connectivity index (χ0) is 12.8. The number of ether oxygens (including phenoxy) is 1. The third-order valence-corrected chi connectivity index (χ3v) is 3.53. The summed E-state index contributed by atoms with van der Waals surface area (Å²) in [5, 5.41) is 10.0. The lowest BCUT2D eigenvalue weighted by Gasteiger charge is -2.41. The van der Waals surface area contributed by atoms with Crippen LogP contribution in [0.3, 0.4) is 0 Å². The van der Waals surface area contributed by atoms with Gasteiger partial charge in [0.2, 0.25) is 0 Å². The first-order valence-corrected chi connectivity index (χ1v) is 6.24. The van der Waals surface area contributed by atoms with Gasteiger partial charge in [-0.05, 0) is 40.0 Å². The fourth-order valence-corrected chi connectivity index (χ4v) is 2.82. The first-order chi connectivity index (χ1) is 7.79. The van der Waals surface area contributed by atoms with Crippen molar-refractivity contribution in [2.45, 2.75) is 69.9 Å². The normalized spacial score (nSPS) is 37.1. The maximum Gasteiger partial charge on any atom is 0.410 e. The van der Waals surface area contributed by atoms with Crippen molar-refractivity contribution in [3.63, 3.8) is 0 Å². The van der Waals surface area contributed by atoms with Gasteiger partial charge in [-0.25, -0.2) is 4.79 Å². The van der Waals surface area contributed by atoms with E-state index in [0.717, 1.165) is 12.8 Å². The van der Waals surface area contributed by atoms with Crippen LogP contribution in [0.1, 0.15) is 40.0 Å². The topological polar surface area (TPSA) is 75.8 Å². The maximum absolute atomic E-state index is 12.1. The first-order valence-electron chi connectivity index (χ1n) is 6.24. The van der Waals surface area contributed by atoms with Crippen molar-refractivity contribution < 1.29 is 14.6 Å². The Balaban J connectivity index is 2.10. The second-order valence-corrected chi connectivity index (χ2v) is 6.08. The molecule has 2 rings (SSSR count). The van der Waals surface area contributed by atoms with Gasteiger partial charge in [-0.2, -0.15) is 0 Å². The average molecular weight is 242 g/mol. The van der Waals surface area contributed by atoms with E-state index in [1.807, 2.05) is 20.8 Å². The number of carbonyl (C=O) groups excluding carboxylic acids is 1. The predicted octanol–water partition coefficient (Wildman–Crippen LogP) is 0.846. The minimum Gasteiger partial charge on any atom is -0.444 e. The minimum absolute atomic E-state index is 0.133. The summed E-state index contributed by atoms with van der Waals surface area (Å²) in [5.41, 5.74) is 5.36. The molecular formula is C12H22N2O3. The molecule has 3 N–H and O–H groups in total. The van der Waals surface area contributed by atoms with Crippen LogP contribution in [0.5, 0.6) is 0 Å². The lowest BCUT2D eigenvalue weighted by Crippen LogP contribution is -2.59. The number of nitrogens with zero attached hydrogens (tertiary/aromatic N) is 1. The van der Waals surface area contributed by atoms with E-state index in [2.05, 4.69) is 0 Å². The molecule has 0 spiro atoms. The SMILES string of the molecule is CC(C)(C)OC(=O)N1C2CCC1C(O)C(N)C2. The van der Waals surface area contributed by atoms with Crippen LogP contribution < -0.4 is 5.73 Å². The highest BCUT2D eigenvalue weighted by molar-refractivity contribution is 5.70. The fourth-order valence-electron chi connectivity index (χ4n) is 2.82. The second kappa shape index (κ2) is 4.14. The van der Waals surface area contributed by atoms with Gasteiger partial charge in [0.15, 0.2) is 0 Å². The molecule has 5 nitrogen and oxygen atoms in total. The molecule has 0 aromatic rings. The van der Waals surface area contributed by atoms with Gasteiger partial charge in [0.25, 0.3) is 0 Å². The quantitative estimate of drug-likeness (QED) is 0.660. The van der Waals surface area contributed by atoms with Crippen LogP contribution in [-0.4, -0.2) is 45.9 Å². The van der Waals surface area contributed by atoms with E-state index in [1.54, 1.807) is 4.90 Å². The molecule has 4 atom stereocenters. The molecule has 2 aliphatic heterocycles. The number of amides is 1. The molecule has 2 fully saturated rings. The van der Waals surface area contributed by atoms with Crippen molar-refractivity contribution in [3.05, 3.63) is 0 Å². The molecule has 1 amide bonds. The number of aliphatic hydroxyl groups is 1. The number of piperidine rings is 1. The maximum atomic E-state index is 12.1. The standard InChI is InChI=1S/C12H22N2O3/c1-12(2,3)17-11(16)14-7-4-5-9(14)10(15)8(13)6-7/h7-10,15H,4-6,13H2,1-3H3. The summed E-state index contributed by atoms with van der Waals surface area (Å²) in [6.07, 6.45) is 1.45. The summed E-state index contributed by atoms with van der Waals surface area (Å²) in [6, 6.07) is -0.252. The Bertz CT molecular complexity index is 313. The predicted molar refractivity (Wildman–Crippen MR) is 63.5 cm³/mol. The number of nitrogens with two attached hydrogens (primary N) is 1. The molecule has 0 aromatic heterocycles. The highest BCUT2D eigenvalue weighted by Gasteiger charge is 2.48. The van der Waals surface area contributed by atoms with Crippen LogP contribution in [0, 0.1) is 0 Å². The Hall–Kier alpha value is -0.810. The van der Waals surface area contributed by atoms with Gasteiger partial charge in [0, 0.05) is 12.1 Å². The lowest BCUT2D eigenvalue weighted by molar-refractivity contribution is -0.0287. The fraction of sp³-hybridized carbons (Fsp3) is 0.917. The number of carbonyl (C=O) groups is 1. The number of hydrogen-bond acceptors (Lipinski definition) is 4. The Morgan fingerprint density at radius 2 is 2.06 bits per heavy atom. The molecule has 17 heavy (non-hydrogen) atoms. The second-order valence-electron chi connectivity index (χ2n) is 6.08. The number of hydrogen-bond donors (Lipinski definition) is 2. The summed E-state index contributed by atoms with van der Waals surface area (Å²) in [6.45, 7) is 5.54. The van der Waals surface area contributed by atoms with Crippen molar-refractivity contribution >= 4 is 6.09 Å². The van der Waals surface area contributed by atoms with Gasteiger partial charge in [-0.15, -0.1) is 0 Å². The molecule has 4 unspecified atom stereocenters. The van der Waals surface area contributed by atoms with Gasteiger partial charge in [0.05, 0.1) is 12.1 Å². The van der Waals surface area contributed by atoms with Gasteiger partial charge in [0.1, 0.15) is 5.60 Å². The summed E-state index contributed by atoms with van der Waals surface area (Å²) < 4.78 is 5.38. The van der Waals surface area contributed by atoms with Crippen LogP contribution in [0.4, 0.5) is 4.79 Å². The summed E-state index contributed by atoms with van der Waals surface area (Å²) in [7, 11) is 0. The molecule has 0 radical (unpaired) electrons. The van der Waals surface area contributed by atoms with E-state index in [0.29, 0.717) is 6.42 Å². The molecule has 5 heteroatoms. The molecule has 2 saturated heterocycles. The first kappa shape index (κ1) is 12.6. The number of fused-ring (bicyclic) bond motifs is 2. The van der Waals surface area contributed by atoms with E-state index in [9.17, 15) is 9.90 Å². The molecule has 0 saturated carbocycles. The molecular weight excluding hydrogens is 220 g/mol. The van der Waals surface area contributed by atoms with Gasteiger partial charge in [-0.3, -0.25) is 4.90 Å². The molecule has 2 aliphatic rings. The minimum atomic E-state index is -0.624. The summed E-state index contributed by atoms with van der Waals surface area (Å²) >= 11 is 0. The highest BCUT2D eigenvalue weighted by atomic mass is 16.6. The van der Waals surface area contributed by atoms with Gasteiger partial charge >= 0.3 is 6.09 Å². The average Bonchev–Trinajstić information content (AvgIpc) is 2.51. The third-order valence-electron chi connectivity index (χ3n) is 3.53. The molecule has 2 bridgehead atoms. The number of rotatable bonds is 0. The third kappa shape index (κ3) is 2.40. The summed E-state index contributed by atoms with van der Waals surface area (Å²) in [4.78, 5) is 13.8. The highest BCUT2D eigenvalue weighted by Crippen LogP contribution is 2.36. The largest absolute Gasteiger partial charge is 0.444 e. The monoisotopic (exact) mass is 242 g/mol. The molecule has 98 valence electrons. The van der Waals surface area contributed by atoms with Crippen molar-refractivity contribution in [2.75, 3.05) is 0 Å².